The molecule has 1 N–H and O–H groups in total. The molecule has 4 rings (SSSR count). The quantitative estimate of drug-likeness (QED) is 0.230. The Hall–Kier alpha value is -4.19. The normalized spacial score (nSPS) is 17.1. The molecule has 1 atom stereocenters. The van der Waals surface area contributed by atoms with Gasteiger partial charge in [-0.1, -0.05) is 12.1 Å². The second-order valence-corrected chi connectivity index (χ2v) is 12.9. The number of alkyl halides is 17. The van der Waals surface area contributed by atoms with Gasteiger partial charge < -0.3 is 10.2 Å². The van der Waals surface area contributed by atoms with Crippen molar-refractivity contribution < 1.29 is 84.2 Å². The zero-order chi connectivity index (χ0) is 41.3. The number of nitrogens with zero attached hydrogens (tertiary/aromatic N) is 4. The molecule has 1 aromatic carbocycles. The van der Waals surface area contributed by atoms with Crippen LogP contribution in [0.4, 0.5) is 80.3 Å². The van der Waals surface area contributed by atoms with Crippen molar-refractivity contribution in [2.75, 3.05) is 18.4 Å². The van der Waals surface area contributed by atoms with E-state index in [1.165, 1.54) is 16.1 Å². The molecule has 0 aliphatic carbocycles. The summed E-state index contributed by atoms with van der Waals surface area (Å²) in [5, 5.41) is 8.16. The Morgan fingerprint density at radius 1 is 0.778 bits per heavy atom. The highest BCUT2D eigenvalue weighted by Gasteiger charge is 3.02. The summed E-state index contributed by atoms with van der Waals surface area (Å²) in [4.78, 5) is 29.0. The number of hydrogen-bond donors (Lipinski definition) is 1. The van der Waals surface area contributed by atoms with Gasteiger partial charge in [0, 0.05) is 30.1 Å². The zero-order valence-electron chi connectivity index (χ0n) is 26.8. The van der Waals surface area contributed by atoms with Crippen LogP contribution in [0.25, 0.3) is 5.69 Å². The van der Waals surface area contributed by atoms with Gasteiger partial charge in [0.2, 0.25) is 0 Å². The van der Waals surface area contributed by atoms with Crippen LogP contribution in [-0.4, -0.2) is 86.8 Å². The number of para-hydroxylation sites is 2. The second kappa shape index (κ2) is 13.5. The minimum Gasteiger partial charge on any atom is -0.337 e. The van der Waals surface area contributed by atoms with E-state index in [1.54, 1.807) is 38.1 Å². The third kappa shape index (κ3) is 6.51. The van der Waals surface area contributed by atoms with E-state index < -0.39 is 96.2 Å². The Balaban J connectivity index is 1.58. The van der Waals surface area contributed by atoms with Gasteiger partial charge >= 0.3 is 47.6 Å². The Morgan fingerprint density at radius 2 is 1.30 bits per heavy atom. The summed E-state index contributed by atoms with van der Waals surface area (Å²) in [5.74, 6) is -22.5. The number of rotatable bonds is 8. The van der Waals surface area contributed by atoms with E-state index in [0.29, 0.717) is 17.1 Å². The van der Waals surface area contributed by atoms with E-state index in [2.05, 4.69) is 15.4 Å². The van der Waals surface area contributed by atoms with E-state index >= 15 is 13.2 Å². The third-order valence-corrected chi connectivity index (χ3v) is 9.55. The summed E-state index contributed by atoms with van der Waals surface area (Å²) < 4.78 is 238. The molecule has 1 unspecified atom stereocenters. The van der Waals surface area contributed by atoms with Gasteiger partial charge in [0.15, 0.2) is 0 Å². The number of nitrogens with one attached hydrogen (secondary N) is 1. The van der Waals surface area contributed by atoms with Crippen molar-refractivity contribution in [3.05, 3.63) is 57.8 Å². The summed E-state index contributed by atoms with van der Waals surface area (Å²) in [5.41, 5.74) is -16.0. The topological polar surface area (TPSA) is 80.1 Å². The predicted molar refractivity (Wildman–Crippen MR) is 152 cm³/mol. The third-order valence-electron chi connectivity index (χ3n) is 8.55. The number of carbonyl (C=O) groups excluding carboxylic acids is 2. The molecule has 7 nitrogen and oxygen atoms in total. The van der Waals surface area contributed by atoms with E-state index in [1.807, 2.05) is 0 Å². The fourth-order valence-electron chi connectivity index (χ4n) is 5.91. The molecule has 0 saturated carbocycles. The zero-order valence-corrected chi connectivity index (χ0v) is 27.6. The van der Waals surface area contributed by atoms with Crippen molar-refractivity contribution in [1.82, 2.24) is 19.7 Å². The van der Waals surface area contributed by atoms with Gasteiger partial charge in [-0.05, 0) is 44.9 Å². The molecule has 0 radical (unpaired) electrons. The van der Waals surface area contributed by atoms with Gasteiger partial charge in [-0.15, -0.1) is 11.3 Å². The average molecular weight is 828 g/mol. The molecule has 0 spiro atoms. The van der Waals surface area contributed by atoms with Gasteiger partial charge in [0.25, 0.3) is 11.8 Å². The number of aryl methyl sites for hydroxylation is 2. The Morgan fingerprint density at radius 3 is 1.76 bits per heavy atom. The highest BCUT2D eigenvalue weighted by Crippen LogP contribution is 2.72. The van der Waals surface area contributed by atoms with Crippen molar-refractivity contribution in [1.29, 1.82) is 0 Å². The molecule has 54 heavy (non-hydrogen) atoms. The van der Waals surface area contributed by atoms with Crippen LogP contribution in [0.15, 0.2) is 35.7 Å². The van der Waals surface area contributed by atoms with Crippen LogP contribution >= 0.6 is 11.3 Å². The first-order chi connectivity index (χ1) is 24.4. The van der Waals surface area contributed by atoms with Crippen LogP contribution in [0.5, 0.6) is 0 Å². The fraction of sp³-hybridized carbons (Fsp3) is 0.517. The van der Waals surface area contributed by atoms with Crippen LogP contribution < -0.4 is 5.32 Å². The maximum absolute atomic E-state index is 15.2. The van der Waals surface area contributed by atoms with Crippen LogP contribution in [0, 0.1) is 19.3 Å². The van der Waals surface area contributed by atoms with Crippen LogP contribution in [0.3, 0.4) is 0 Å². The Kier molecular flexibility index (Phi) is 10.7. The monoisotopic (exact) mass is 827 g/mol. The lowest BCUT2D eigenvalue weighted by molar-refractivity contribution is -0.509. The molecule has 2 amide bonds. The van der Waals surface area contributed by atoms with E-state index in [4.69, 9.17) is 0 Å². The smallest absolute Gasteiger partial charge is 0.337 e. The highest BCUT2D eigenvalue weighted by molar-refractivity contribution is 7.10. The molecule has 1 aliphatic heterocycles. The lowest BCUT2D eigenvalue weighted by atomic mass is 9.68. The maximum atomic E-state index is 15.2. The average Bonchev–Trinajstić information content (AvgIpc) is 3.64. The molecule has 1 saturated heterocycles. The molecule has 3 aromatic rings. The second-order valence-electron chi connectivity index (χ2n) is 12.0. The first kappa shape index (κ1) is 42.6. The molecule has 2 aromatic heterocycles. The standard InChI is InChI=1S/C29H22F17N5O2S/c1-13-11-14(2)51(49-13)18-6-4-3-5-16(18)47-19(52)17-12-54-20(48-17)15-7-9-50(10-8-15)21(53)22(30,31)24(32,29(44,45)46)25(33,34)23(26(35,36)37,27(38,39)40)28(41,42)43/h3-6,11-12,15H,7-10H2,1-2H3,(H,47,52). The summed E-state index contributed by atoms with van der Waals surface area (Å²) in [6.07, 6.45) is -35.6. The summed E-state index contributed by atoms with van der Waals surface area (Å²) in [7, 11) is 0. The lowest BCUT2D eigenvalue weighted by Crippen LogP contribution is -2.81. The molecule has 1 fully saturated rings. The maximum Gasteiger partial charge on any atom is 0.435 e. The molecule has 0 bridgehead atoms. The first-order valence-electron chi connectivity index (χ1n) is 14.8. The van der Waals surface area contributed by atoms with Crippen LogP contribution in [0.2, 0.25) is 0 Å². The SMILES string of the molecule is Cc1cc(C)n(-c2ccccc2NC(=O)c2csc(C3CCN(C(=O)C(F)(F)C(F)(C(F)(F)F)C(F)(F)C(C(F)(F)F)(C(F)(F)F)C(F)(F)F)CC3)n2)n1. The number of likely N-dealkylation sites (tertiary alicyclic amines) is 1. The number of halogens is 17. The van der Waals surface area contributed by atoms with Crippen molar-refractivity contribution >= 4 is 28.8 Å². The minimum absolute atomic E-state index is 0.0258. The highest BCUT2D eigenvalue weighted by atomic mass is 32.1. The molecular formula is C29H22F17N5O2S. The lowest BCUT2D eigenvalue weighted by Gasteiger charge is -2.50. The Bertz CT molecular complexity index is 1830. The predicted octanol–water partition coefficient (Wildman–Crippen LogP) is 9.12. The molecule has 3 heterocycles. The van der Waals surface area contributed by atoms with Crippen molar-refractivity contribution in [3.63, 3.8) is 0 Å². The molecule has 25 heteroatoms. The number of carbonyl (C=O) groups is 2. The number of aromatic nitrogens is 3. The van der Waals surface area contributed by atoms with Gasteiger partial charge in [0.05, 0.1) is 22.1 Å². The van der Waals surface area contributed by atoms with E-state index in [-0.39, 0.29) is 16.4 Å². The number of piperidine rings is 1. The number of benzene rings is 1. The van der Waals surface area contributed by atoms with Gasteiger partial charge in [-0.25, -0.2) is 22.8 Å². The molecule has 1 aliphatic rings. The fourth-order valence-corrected chi connectivity index (χ4v) is 6.88. The minimum atomic E-state index is -9.21. The Labute approximate surface area is 295 Å². The van der Waals surface area contributed by atoms with Gasteiger partial charge in [-0.2, -0.15) is 66.6 Å². The van der Waals surface area contributed by atoms with Crippen molar-refractivity contribution in [2.24, 2.45) is 5.41 Å². The van der Waals surface area contributed by atoms with Crippen molar-refractivity contribution in [2.45, 2.75) is 74.8 Å². The number of amides is 2. The first-order valence-corrected chi connectivity index (χ1v) is 15.7. The number of thiazole rings is 1. The largest absolute Gasteiger partial charge is 0.435 e. The number of hydrogen-bond acceptors (Lipinski definition) is 5. The van der Waals surface area contributed by atoms with Crippen LogP contribution in [0.1, 0.15) is 45.6 Å². The molecular weight excluding hydrogens is 805 g/mol. The van der Waals surface area contributed by atoms with E-state index in [0.717, 1.165) is 11.3 Å². The summed E-state index contributed by atoms with van der Waals surface area (Å²) >= 11 is 0.768. The number of anilines is 1. The van der Waals surface area contributed by atoms with Gasteiger partial charge in [0.1, 0.15) is 5.69 Å². The van der Waals surface area contributed by atoms with Crippen molar-refractivity contribution in [3.8, 4) is 5.69 Å². The molecule has 300 valence electrons. The van der Waals surface area contributed by atoms with Crippen LogP contribution in [-0.2, 0) is 4.79 Å². The van der Waals surface area contributed by atoms with Gasteiger partial charge in [-0.3, -0.25) is 9.59 Å². The van der Waals surface area contributed by atoms with E-state index in [9.17, 15) is 71.1 Å². The summed E-state index contributed by atoms with van der Waals surface area (Å²) in [6, 6.07) is 8.14. The summed E-state index contributed by atoms with van der Waals surface area (Å²) in [6.45, 7) is 0.961.